The highest BCUT2D eigenvalue weighted by molar-refractivity contribution is 5.98. The van der Waals surface area contributed by atoms with Gasteiger partial charge in [0.25, 0.3) is 0 Å². The van der Waals surface area contributed by atoms with Crippen LogP contribution in [0.2, 0.25) is 0 Å². The standard InChI is InChI=1S/C18H20N4O/c1-3-14-8-9-17(11-15(14)4-2)23-12-13-6-5-7-16(10-13)18(21-19)22-20/h3-11H,1-2,12,19-20H2,(H,21,22). The zero-order valence-corrected chi connectivity index (χ0v) is 12.8. The topological polar surface area (TPSA) is 85.7 Å². The molecule has 2 aromatic carbocycles. The Hall–Kier alpha value is -3.05. The fourth-order valence-electron chi connectivity index (χ4n) is 2.18. The zero-order chi connectivity index (χ0) is 16.7. The van der Waals surface area contributed by atoms with E-state index in [0.29, 0.717) is 12.4 Å². The van der Waals surface area contributed by atoms with Crippen LogP contribution in [0.1, 0.15) is 22.3 Å². The molecule has 0 aliphatic rings. The molecule has 2 aromatic rings. The molecule has 118 valence electrons. The first-order valence-corrected chi connectivity index (χ1v) is 7.07. The summed E-state index contributed by atoms with van der Waals surface area (Å²) in [5.74, 6) is 11.8. The van der Waals surface area contributed by atoms with Crippen molar-refractivity contribution in [3.05, 3.63) is 77.9 Å². The van der Waals surface area contributed by atoms with Crippen LogP contribution in [-0.2, 0) is 6.61 Å². The summed E-state index contributed by atoms with van der Waals surface area (Å²) in [5, 5.41) is 3.60. The summed E-state index contributed by atoms with van der Waals surface area (Å²) in [5.41, 5.74) is 6.24. The quantitative estimate of drug-likeness (QED) is 0.331. The van der Waals surface area contributed by atoms with E-state index in [1.54, 1.807) is 12.2 Å². The average molecular weight is 308 g/mol. The molecule has 0 radical (unpaired) electrons. The third-order valence-corrected chi connectivity index (χ3v) is 3.37. The SMILES string of the molecule is C=Cc1ccc(OCc2cccc(/C(=N/N)NN)c2)cc1C=C. The van der Waals surface area contributed by atoms with Gasteiger partial charge in [-0.15, -0.1) is 0 Å². The van der Waals surface area contributed by atoms with Crippen molar-refractivity contribution in [3.8, 4) is 5.75 Å². The Morgan fingerprint density at radius 1 is 1.13 bits per heavy atom. The van der Waals surface area contributed by atoms with E-state index in [-0.39, 0.29) is 0 Å². The van der Waals surface area contributed by atoms with Gasteiger partial charge >= 0.3 is 0 Å². The van der Waals surface area contributed by atoms with Gasteiger partial charge in [-0.1, -0.05) is 49.6 Å². The molecule has 0 aliphatic carbocycles. The monoisotopic (exact) mass is 308 g/mol. The Balaban J connectivity index is 2.13. The smallest absolute Gasteiger partial charge is 0.166 e. The van der Waals surface area contributed by atoms with E-state index in [2.05, 4.69) is 23.7 Å². The van der Waals surface area contributed by atoms with Crippen LogP contribution in [0, 0.1) is 0 Å². The van der Waals surface area contributed by atoms with Crippen LogP contribution < -0.4 is 21.8 Å². The molecule has 0 fully saturated rings. The van der Waals surface area contributed by atoms with Crippen LogP contribution in [0.15, 0.2) is 60.7 Å². The number of benzene rings is 2. The van der Waals surface area contributed by atoms with E-state index in [4.69, 9.17) is 16.4 Å². The van der Waals surface area contributed by atoms with Gasteiger partial charge < -0.3 is 16.0 Å². The van der Waals surface area contributed by atoms with Crippen LogP contribution >= 0.6 is 0 Å². The number of hydrogen-bond donors (Lipinski definition) is 3. The number of nitrogens with one attached hydrogen (secondary N) is 1. The number of ether oxygens (including phenoxy) is 1. The first-order valence-electron chi connectivity index (χ1n) is 7.07. The van der Waals surface area contributed by atoms with Crippen molar-refractivity contribution in [2.24, 2.45) is 16.8 Å². The maximum absolute atomic E-state index is 5.83. The number of hydrazine groups is 1. The number of hydrogen-bond acceptors (Lipinski definition) is 4. The lowest BCUT2D eigenvalue weighted by Gasteiger charge is -2.10. The van der Waals surface area contributed by atoms with Gasteiger partial charge in [-0.25, -0.2) is 5.84 Å². The molecule has 0 spiro atoms. The molecule has 5 nitrogen and oxygen atoms in total. The highest BCUT2D eigenvalue weighted by atomic mass is 16.5. The Labute approximate surface area is 135 Å². The molecule has 2 rings (SSSR count). The second kappa shape index (κ2) is 7.82. The van der Waals surface area contributed by atoms with Crippen molar-refractivity contribution >= 4 is 18.0 Å². The summed E-state index contributed by atoms with van der Waals surface area (Å²) in [4.78, 5) is 0. The fourth-order valence-corrected chi connectivity index (χ4v) is 2.18. The molecule has 5 heteroatoms. The molecule has 0 saturated carbocycles. The predicted octanol–water partition coefficient (Wildman–Crippen LogP) is 2.64. The maximum Gasteiger partial charge on any atom is 0.166 e. The van der Waals surface area contributed by atoms with E-state index in [9.17, 15) is 0 Å². The maximum atomic E-state index is 5.83. The first kappa shape index (κ1) is 16.3. The van der Waals surface area contributed by atoms with Crippen LogP contribution in [0.25, 0.3) is 12.2 Å². The lowest BCUT2D eigenvalue weighted by molar-refractivity contribution is 0.306. The Kier molecular flexibility index (Phi) is 5.55. The second-order valence-electron chi connectivity index (χ2n) is 4.81. The van der Waals surface area contributed by atoms with Crippen molar-refractivity contribution in [1.82, 2.24) is 5.43 Å². The first-order chi connectivity index (χ1) is 11.2. The summed E-state index contributed by atoms with van der Waals surface area (Å²) in [6.45, 7) is 8.00. The van der Waals surface area contributed by atoms with Crippen molar-refractivity contribution in [1.29, 1.82) is 0 Å². The number of rotatable bonds is 6. The minimum Gasteiger partial charge on any atom is -0.489 e. The van der Waals surface area contributed by atoms with Crippen molar-refractivity contribution in [3.63, 3.8) is 0 Å². The van der Waals surface area contributed by atoms with Gasteiger partial charge in [-0.05, 0) is 34.9 Å². The highest BCUT2D eigenvalue weighted by Crippen LogP contribution is 2.21. The minimum atomic E-state index is 0.413. The van der Waals surface area contributed by atoms with Gasteiger partial charge in [0.05, 0.1) is 0 Å². The van der Waals surface area contributed by atoms with E-state index >= 15 is 0 Å². The normalized spacial score (nSPS) is 10.9. The molecule has 0 atom stereocenters. The van der Waals surface area contributed by atoms with E-state index in [1.165, 1.54) is 0 Å². The largest absolute Gasteiger partial charge is 0.489 e. The number of nitrogens with two attached hydrogens (primary N) is 2. The molecule has 0 aliphatic heterocycles. The fraction of sp³-hybridized carbons (Fsp3) is 0.0556. The van der Waals surface area contributed by atoms with Crippen LogP contribution in [0.5, 0.6) is 5.75 Å². The number of hydrazone groups is 1. The van der Waals surface area contributed by atoms with Gasteiger partial charge in [0.1, 0.15) is 12.4 Å². The van der Waals surface area contributed by atoms with Crippen LogP contribution in [0.3, 0.4) is 0 Å². The lowest BCUT2D eigenvalue weighted by atomic mass is 10.1. The zero-order valence-electron chi connectivity index (χ0n) is 12.8. The molecule has 0 heterocycles. The van der Waals surface area contributed by atoms with Crippen molar-refractivity contribution in [2.45, 2.75) is 6.61 Å². The van der Waals surface area contributed by atoms with Gasteiger partial charge in [-0.3, -0.25) is 0 Å². The van der Waals surface area contributed by atoms with Gasteiger partial charge in [0.2, 0.25) is 0 Å². The Morgan fingerprint density at radius 2 is 1.91 bits per heavy atom. The molecule has 0 bridgehead atoms. The van der Waals surface area contributed by atoms with Gasteiger partial charge in [0, 0.05) is 5.56 Å². The Bertz CT molecular complexity index is 738. The summed E-state index contributed by atoms with van der Waals surface area (Å²) in [6, 6.07) is 13.4. The number of amidine groups is 1. The third kappa shape index (κ3) is 3.99. The number of nitrogens with zero attached hydrogens (tertiary/aromatic N) is 1. The second-order valence-corrected chi connectivity index (χ2v) is 4.81. The molecule has 0 aromatic heterocycles. The molecule has 23 heavy (non-hydrogen) atoms. The van der Waals surface area contributed by atoms with Crippen molar-refractivity contribution in [2.75, 3.05) is 0 Å². The summed E-state index contributed by atoms with van der Waals surface area (Å²) >= 11 is 0. The molecule has 5 N–H and O–H groups in total. The molecule has 0 amide bonds. The Morgan fingerprint density at radius 3 is 2.57 bits per heavy atom. The minimum absolute atomic E-state index is 0.413. The third-order valence-electron chi connectivity index (χ3n) is 3.37. The van der Waals surface area contributed by atoms with E-state index < -0.39 is 0 Å². The van der Waals surface area contributed by atoms with Crippen LogP contribution in [-0.4, -0.2) is 5.84 Å². The lowest BCUT2D eigenvalue weighted by Crippen LogP contribution is -2.32. The van der Waals surface area contributed by atoms with E-state index in [1.807, 2.05) is 42.5 Å². The van der Waals surface area contributed by atoms with Crippen molar-refractivity contribution < 1.29 is 4.74 Å². The van der Waals surface area contributed by atoms with Gasteiger partial charge in [-0.2, -0.15) is 5.10 Å². The summed E-state index contributed by atoms with van der Waals surface area (Å²) in [7, 11) is 0. The molecular weight excluding hydrogens is 288 g/mol. The molecular formula is C18H20N4O. The molecule has 0 unspecified atom stereocenters. The van der Waals surface area contributed by atoms with E-state index in [0.717, 1.165) is 28.0 Å². The highest BCUT2D eigenvalue weighted by Gasteiger charge is 2.04. The molecule has 0 saturated heterocycles. The summed E-state index contributed by atoms with van der Waals surface area (Å²) in [6.07, 6.45) is 3.57. The van der Waals surface area contributed by atoms with Crippen LogP contribution in [0.4, 0.5) is 0 Å². The van der Waals surface area contributed by atoms with Gasteiger partial charge in [0.15, 0.2) is 5.84 Å². The predicted molar refractivity (Wildman–Crippen MR) is 95.4 cm³/mol. The summed E-state index contributed by atoms with van der Waals surface area (Å²) < 4.78 is 5.83. The average Bonchev–Trinajstić information content (AvgIpc) is 2.61.